The van der Waals surface area contributed by atoms with Crippen molar-refractivity contribution >= 4 is 11.7 Å². The number of carbonyl (C=O) groups is 1. The van der Waals surface area contributed by atoms with Gasteiger partial charge < -0.3 is 15.5 Å². The molecule has 0 saturated carbocycles. The number of nitrogens with zero attached hydrogens (tertiary/aromatic N) is 2. The maximum atomic E-state index is 11.4. The molecule has 3 rings (SSSR count). The first-order chi connectivity index (χ1) is 7.84. The molecule has 2 aliphatic rings. The highest BCUT2D eigenvalue weighted by molar-refractivity contribution is 5.97. The van der Waals surface area contributed by atoms with Gasteiger partial charge in [-0.1, -0.05) is 0 Å². The molecule has 0 aromatic carbocycles. The van der Waals surface area contributed by atoms with Crippen molar-refractivity contribution in [3.63, 3.8) is 0 Å². The lowest BCUT2D eigenvalue weighted by Gasteiger charge is -2.28. The Hall–Kier alpha value is -1.62. The Bertz CT molecular complexity index is 426. The molecule has 0 unspecified atom stereocenters. The highest BCUT2D eigenvalue weighted by Gasteiger charge is 2.21. The molecule has 1 saturated heterocycles. The van der Waals surface area contributed by atoms with Gasteiger partial charge in [-0.25, -0.2) is 4.98 Å². The van der Waals surface area contributed by atoms with Gasteiger partial charge in [-0.05, 0) is 12.1 Å². The first kappa shape index (κ1) is 9.59. The maximum Gasteiger partial charge on any atom is 0.253 e. The van der Waals surface area contributed by atoms with Crippen LogP contribution in [0.3, 0.4) is 0 Å². The summed E-state index contributed by atoms with van der Waals surface area (Å²) in [4.78, 5) is 18.2. The number of anilines is 1. The Morgan fingerprint density at radius 1 is 1.25 bits per heavy atom. The summed E-state index contributed by atoms with van der Waals surface area (Å²) >= 11 is 0. The minimum Gasteiger partial charge on any atom is -0.354 e. The van der Waals surface area contributed by atoms with Crippen molar-refractivity contribution in [1.82, 2.24) is 15.6 Å². The van der Waals surface area contributed by atoms with Crippen LogP contribution in [0.2, 0.25) is 0 Å². The Morgan fingerprint density at radius 3 is 2.88 bits per heavy atom. The number of amides is 1. The molecule has 16 heavy (non-hydrogen) atoms. The predicted octanol–water partition coefficient (Wildman–Crippen LogP) is -0.265. The van der Waals surface area contributed by atoms with Gasteiger partial charge >= 0.3 is 0 Å². The molecule has 5 heteroatoms. The molecule has 0 spiro atoms. The average molecular weight is 218 g/mol. The fraction of sp³-hybridized carbons (Fsp3) is 0.455. The predicted molar refractivity (Wildman–Crippen MR) is 60.5 cm³/mol. The maximum absolute atomic E-state index is 11.4. The summed E-state index contributed by atoms with van der Waals surface area (Å²) in [6, 6.07) is 3.82. The lowest BCUT2D eigenvalue weighted by molar-refractivity contribution is 0.0966. The van der Waals surface area contributed by atoms with E-state index in [9.17, 15) is 4.79 Å². The molecule has 1 aromatic heterocycles. The zero-order chi connectivity index (χ0) is 11.0. The zero-order valence-electron chi connectivity index (χ0n) is 8.99. The molecule has 2 aliphatic heterocycles. The zero-order valence-corrected chi connectivity index (χ0v) is 8.99. The molecule has 2 N–H and O–H groups in total. The van der Waals surface area contributed by atoms with E-state index in [1.54, 1.807) is 0 Å². The number of piperazine rings is 1. The summed E-state index contributed by atoms with van der Waals surface area (Å²) < 4.78 is 0. The fourth-order valence-corrected chi connectivity index (χ4v) is 2.16. The summed E-state index contributed by atoms with van der Waals surface area (Å²) in [5, 5.41) is 6.09. The van der Waals surface area contributed by atoms with Crippen molar-refractivity contribution in [2.75, 3.05) is 31.1 Å². The Balaban J connectivity index is 1.89. The fourth-order valence-electron chi connectivity index (χ4n) is 2.16. The summed E-state index contributed by atoms with van der Waals surface area (Å²) in [6.45, 7) is 4.51. The summed E-state index contributed by atoms with van der Waals surface area (Å²) in [5.41, 5.74) is 1.60. The van der Waals surface area contributed by atoms with Crippen molar-refractivity contribution in [2.45, 2.75) is 6.54 Å². The quantitative estimate of drug-likeness (QED) is 0.681. The van der Waals surface area contributed by atoms with Crippen LogP contribution < -0.4 is 15.5 Å². The van der Waals surface area contributed by atoms with Crippen LogP contribution in [0.4, 0.5) is 5.82 Å². The number of fused-ring (bicyclic) bond motifs is 1. The van der Waals surface area contributed by atoms with Crippen LogP contribution >= 0.6 is 0 Å². The van der Waals surface area contributed by atoms with Crippen molar-refractivity contribution < 1.29 is 4.79 Å². The van der Waals surface area contributed by atoms with Gasteiger partial charge in [0.2, 0.25) is 0 Å². The molecule has 3 heterocycles. The Kier molecular flexibility index (Phi) is 2.25. The van der Waals surface area contributed by atoms with Gasteiger partial charge in [-0.15, -0.1) is 0 Å². The second-order valence-electron chi connectivity index (χ2n) is 4.08. The number of hydrogen-bond acceptors (Lipinski definition) is 4. The van der Waals surface area contributed by atoms with Gasteiger partial charge in [0.25, 0.3) is 5.91 Å². The van der Waals surface area contributed by atoms with Crippen molar-refractivity contribution in [3.05, 3.63) is 23.4 Å². The first-order valence-electron chi connectivity index (χ1n) is 5.58. The Labute approximate surface area is 93.9 Å². The van der Waals surface area contributed by atoms with Gasteiger partial charge in [-0.2, -0.15) is 0 Å². The minimum atomic E-state index is -0.00522. The molecule has 0 radical (unpaired) electrons. The lowest BCUT2D eigenvalue weighted by atomic mass is 10.2. The van der Waals surface area contributed by atoms with Crippen molar-refractivity contribution in [2.24, 2.45) is 0 Å². The van der Waals surface area contributed by atoms with Crippen LogP contribution in [0.5, 0.6) is 0 Å². The highest BCUT2D eigenvalue weighted by Crippen LogP contribution is 2.18. The molecule has 1 aromatic rings. The normalized spacial score (nSPS) is 19.5. The van der Waals surface area contributed by atoms with Crippen LogP contribution in [-0.2, 0) is 6.54 Å². The number of pyridine rings is 1. The van der Waals surface area contributed by atoms with Crippen LogP contribution in [0.25, 0.3) is 0 Å². The molecule has 84 valence electrons. The van der Waals surface area contributed by atoms with E-state index in [-0.39, 0.29) is 5.91 Å². The van der Waals surface area contributed by atoms with Crippen LogP contribution in [0.1, 0.15) is 16.1 Å². The Morgan fingerprint density at radius 2 is 2.06 bits per heavy atom. The van der Waals surface area contributed by atoms with Crippen LogP contribution in [0, 0.1) is 0 Å². The van der Waals surface area contributed by atoms with Crippen molar-refractivity contribution in [3.8, 4) is 0 Å². The van der Waals surface area contributed by atoms with Gasteiger partial charge in [0.15, 0.2) is 0 Å². The van der Waals surface area contributed by atoms with Gasteiger partial charge in [0, 0.05) is 26.2 Å². The van der Waals surface area contributed by atoms with E-state index in [0.717, 1.165) is 43.3 Å². The molecule has 0 atom stereocenters. The smallest absolute Gasteiger partial charge is 0.253 e. The van der Waals surface area contributed by atoms with E-state index < -0.39 is 0 Å². The summed E-state index contributed by atoms with van der Waals surface area (Å²) in [6.07, 6.45) is 0. The van der Waals surface area contributed by atoms with E-state index in [2.05, 4.69) is 20.5 Å². The van der Waals surface area contributed by atoms with Gasteiger partial charge in [0.1, 0.15) is 5.82 Å². The largest absolute Gasteiger partial charge is 0.354 e. The number of aromatic nitrogens is 1. The summed E-state index contributed by atoms with van der Waals surface area (Å²) in [5.74, 6) is 0.978. The van der Waals surface area contributed by atoms with Crippen LogP contribution in [-0.4, -0.2) is 37.1 Å². The number of rotatable bonds is 1. The SMILES string of the molecule is O=C1NCc2nc(N3CCNCC3)ccc21. The van der Waals surface area contributed by atoms with E-state index in [0.29, 0.717) is 6.54 Å². The third kappa shape index (κ3) is 1.53. The third-order valence-corrected chi connectivity index (χ3v) is 3.06. The molecule has 5 nitrogen and oxygen atoms in total. The molecular formula is C11H14N4O. The standard InChI is InChI=1S/C11H14N4O/c16-11-8-1-2-10(14-9(8)7-13-11)15-5-3-12-4-6-15/h1-2,12H,3-7H2,(H,13,16). The van der Waals surface area contributed by atoms with E-state index in [1.165, 1.54) is 0 Å². The topological polar surface area (TPSA) is 57.3 Å². The van der Waals surface area contributed by atoms with E-state index >= 15 is 0 Å². The lowest BCUT2D eigenvalue weighted by Crippen LogP contribution is -2.43. The molecule has 0 aliphatic carbocycles. The average Bonchev–Trinajstić information content (AvgIpc) is 2.72. The summed E-state index contributed by atoms with van der Waals surface area (Å²) in [7, 11) is 0. The highest BCUT2D eigenvalue weighted by atomic mass is 16.1. The number of hydrogen-bond donors (Lipinski definition) is 2. The van der Waals surface area contributed by atoms with E-state index in [4.69, 9.17) is 0 Å². The van der Waals surface area contributed by atoms with Crippen molar-refractivity contribution in [1.29, 1.82) is 0 Å². The third-order valence-electron chi connectivity index (χ3n) is 3.06. The molecular weight excluding hydrogens is 204 g/mol. The number of nitrogens with one attached hydrogen (secondary N) is 2. The molecule has 0 bridgehead atoms. The van der Waals surface area contributed by atoms with Crippen LogP contribution in [0.15, 0.2) is 12.1 Å². The second-order valence-corrected chi connectivity index (χ2v) is 4.08. The minimum absolute atomic E-state index is 0.00522. The van der Waals surface area contributed by atoms with Gasteiger partial charge in [-0.3, -0.25) is 4.79 Å². The second kappa shape index (κ2) is 3.75. The monoisotopic (exact) mass is 218 g/mol. The van der Waals surface area contributed by atoms with E-state index in [1.807, 2.05) is 12.1 Å². The molecule has 1 fully saturated rings. The van der Waals surface area contributed by atoms with Gasteiger partial charge in [0.05, 0.1) is 17.8 Å². The molecule has 1 amide bonds. The number of carbonyl (C=O) groups excluding carboxylic acids is 1. The first-order valence-corrected chi connectivity index (χ1v) is 5.58.